The second-order valence-electron chi connectivity index (χ2n) is 3.59. The fourth-order valence-corrected chi connectivity index (χ4v) is 1.86. The monoisotopic (exact) mass is 274 g/mol. The summed E-state index contributed by atoms with van der Waals surface area (Å²) in [7, 11) is -4.22. The Labute approximate surface area is 128 Å². The molecule has 2 rings (SSSR count). The van der Waals surface area contributed by atoms with Crippen LogP contribution >= 0.6 is 0 Å². The van der Waals surface area contributed by atoms with E-state index >= 15 is 0 Å². The Balaban J connectivity index is 0.00000162. The summed E-state index contributed by atoms with van der Waals surface area (Å²) in [5.74, 6) is 0.0719. The molecule has 2 aromatic carbocycles. The van der Waals surface area contributed by atoms with Crippen LogP contribution in [0.2, 0.25) is 0 Å². The van der Waals surface area contributed by atoms with Gasteiger partial charge in [0.15, 0.2) is 0 Å². The first-order valence-corrected chi connectivity index (χ1v) is 6.68. The summed E-state index contributed by atoms with van der Waals surface area (Å²) < 4.78 is 36.7. The molecule has 0 heterocycles. The molecule has 0 aliphatic carbocycles. The first kappa shape index (κ1) is 15.5. The van der Waals surface area contributed by atoms with Crippen molar-refractivity contribution in [3.05, 3.63) is 42.5 Å². The third kappa shape index (κ3) is 4.26. The minimum atomic E-state index is -4.22. The van der Waals surface area contributed by atoms with Crippen LogP contribution in [0.5, 0.6) is 5.75 Å². The van der Waals surface area contributed by atoms with Gasteiger partial charge in [-0.25, -0.2) is 8.42 Å². The van der Waals surface area contributed by atoms with Gasteiger partial charge in [-0.3, -0.25) is 0 Å². The molecule has 0 aliphatic rings. The summed E-state index contributed by atoms with van der Waals surface area (Å²) in [6.07, 6.45) is 0. The molecule has 18 heavy (non-hydrogen) atoms. The molecule has 0 atom stereocenters. The van der Waals surface area contributed by atoms with Crippen LogP contribution < -0.4 is 34.3 Å². The third-order valence-corrected chi connectivity index (χ3v) is 3.01. The third-order valence-electron chi connectivity index (χ3n) is 2.34. The Morgan fingerprint density at radius 2 is 1.72 bits per heavy atom. The summed E-state index contributed by atoms with van der Waals surface area (Å²) in [6, 6.07) is 13.1. The second kappa shape index (κ2) is 6.54. The van der Waals surface area contributed by atoms with E-state index in [0.29, 0.717) is 5.75 Å². The Hall–Kier alpha value is -0.590. The van der Waals surface area contributed by atoms with Crippen molar-refractivity contribution >= 4 is 20.9 Å². The van der Waals surface area contributed by atoms with Gasteiger partial charge in [0.25, 0.3) is 0 Å². The van der Waals surface area contributed by atoms with E-state index in [1.807, 2.05) is 36.4 Å². The molecular formula is C12H11NaO4S. The van der Waals surface area contributed by atoms with Crippen LogP contribution in [-0.2, 0) is 10.1 Å². The van der Waals surface area contributed by atoms with Crippen molar-refractivity contribution in [2.75, 3.05) is 12.4 Å². The van der Waals surface area contributed by atoms with Gasteiger partial charge in [-0.15, -0.1) is 0 Å². The van der Waals surface area contributed by atoms with Crippen molar-refractivity contribution in [2.24, 2.45) is 0 Å². The van der Waals surface area contributed by atoms with E-state index in [1.165, 1.54) is 0 Å². The molecule has 0 aliphatic heterocycles. The van der Waals surface area contributed by atoms with Crippen LogP contribution in [0.15, 0.2) is 42.5 Å². The van der Waals surface area contributed by atoms with Gasteiger partial charge >= 0.3 is 29.6 Å². The molecule has 0 spiro atoms. The fourth-order valence-electron chi connectivity index (χ4n) is 1.58. The quantitative estimate of drug-likeness (QED) is 0.517. The first-order chi connectivity index (χ1) is 8.06. The van der Waals surface area contributed by atoms with Crippen LogP contribution in [0.4, 0.5) is 0 Å². The van der Waals surface area contributed by atoms with Gasteiger partial charge in [0.05, 0.1) is 15.9 Å². The molecule has 0 amide bonds. The van der Waals surface area contributed by atoms with Crippen molar-refractivity contribution < 1.29 is 47.3 Å². The van der Waals surface area contributed by atoms with Crippen molar-refractivity contribution in [3.63, 3.8) is 0 Å². The van der Waals surface area contributed by atoms with E-state index in [-0.39, 0.29) is 36.2 Å². The van der Waals surface area contributed by atoms with Gasteiger partial charge < -0.3 is 9.29 Å². The maximum absolute atomic E-state index is 10.4. The summed E-state index contributed by atoms with van der Waals surface area (Å²) in [4.78, 5) is 0. The minimum Gasteiger partial charge on any atom is -0.748 e. The topological polar surface area (TPSA) is 66.4 Å². The maximum Gasteiger partial charge on any atom is 1.00 e. The average molecular weight is 274 g/mol. The standard InChI is InChI=1S/C12H12O4S.Na/c13-17(14,15)9-8-16-12-7-3-5-10-4-1-2-6-11(10)12;/h1-7H,8-9H2,(H,13,14,15);/q;+1/p-1. The molecule has 0 bridgehead atoms. The minimum absolute atomic E-state index is 0. The summed E-state index contributed by atoms with van der Waals surface area (Å²) in [6.45, 7) is -0.125. The average Bonchev–Trinajstić information content (AvgIpc) is 2.28. The molecule has 2 aromatic rings. The number of benzene rings is 2. The Kier molecular flexibility index (Phi) is 5.62. The number of hydrogen-bond acceptors (Lipinski definition) is 4. The van der Waals surface area contributed by atoms with E-state index in [1.54, 1.807) is 6.07 Å². The van der Waals surface area contributed by atoms with Gasteiger partial charge in [-0.1, -0.05) is 36.4 Å². The van der Waals surface area contributed by atoms with Gasteiger partial charge in [0.2, 0.25) is 0 Å². The number of rotatable bonds is 4. The molecule has 0 unspecified atom stereocenters. The zero-order chi connectivity index (χ0) is 12.3. The molecule has 90 valence electrons. The van der Waals surface area contributed by atoms with E-state index < -0.39 is 15.9 Å². The number of hydrogen-bond donors (Lipinski definition) is 0. The SMILES string of the molecule is O=S(=O)([O-])CCOc1cccc2ccccc12.[Na+]. The normalized spacial score (nSPS) is 10.9. The van der Waals surface area contributed by atoms with E-state index in [9.17, 15) is 13.0 Å². The fraction of sp³-hybridized carbons (Fsp3) is 0.167. The van der Waals surface area contributed by atoms with Gasteiger partial charge in [-0.05, 0) is 11.5 Å². The van der Waals surface area contributed by atoms with Gasteiger partial charge in [0, 0.05) is 5.39 Å². The summed E-state index contributed by atoms with van der Waals surface area (Å²) in [5, 5.41) is 1.91. The van der Waals surface area contributed by atoms with Crippen LogP contribution in [0.25, 0.3) is 10.8 Å². The molecule has 4 nitrogen and oxygen atoms in total. The molecule has 0 fully saturated rings. The van der Waals surface area contributed by atoms with Crippen molar-refractivity contribution in [1.29, 1.82) is 0 Å². The van der Waals surface area contributed by atoms with Crippen molar-refractivity contribution in [3.8, 4) is 5.75 Å². The summed E-state index contributed by atoms with van der Waals surface area (Å²) >= 11 is 0. The van der Waals surface area contributed by atoms with Crippen LogP contribution in [0, 0.1) is 0 Å². The number of ether oxygens (including phenoxy) is 1. The van der Waals surface area contributed by atoms with Gasteiger partial charge in [-0.2, -0.15) is 0 Å². The molecule has 0 aromatic heterocycles. The van der Waals surface area contributed by atoms with Crippen molar-refractivity contribution in [1.82, 2.24) is 0 Å². The predicted molar refractivity (Wildman–Crippen MR) is 64.0 cm³/mol. The van der Waals surface area contributed by atoms with Crippen LogP contribution in [-0.4, -0.2) is 25.3 Å². The second-order valence-corrected chi connectivity index (χ2v) is 5.11. The van der Waals surface area contributed by atoms with Crippen LogP contribution in [0.3, 0.4) is 0 Å². The number of fused-ring (bicyclic) bond motifs is 1. The molecule has 0 saturated carbocycles. The Morgan fingerprint density at radius 1 is 1.06 bits per heavy atom. The van der Waals surface area contributed by atoms with E-state index in [4.69, 9.17) is 4.74 Å². The van der Waals surface area contributed by atoms with E-state index in [0.717, 1.165) is 10.8 Å². The zero-order valence-corrected chi connectivity index (χ0v) is 12.8. The molecular weight excluding hydrogens is 263 g/mol. The Morgan fingerprint density at radius 3 is 2.44 bits per heavy atom. The maximum atomic E-state index is 10.4. The predicted octanol–water partition coefficient (Wildman–Crippen LogP) is -1.23. The largest absolute Gasteiger partial charge is 1.00 e. The molecule has 6 heteroatoms. The Bertz CT molecular complexity index is 620. The van der Waals surface area contributed by atoms with E-state index in [2.05, 4.69) is 0 Å². The van der Waals surface area contributed by atoms with Gasteiger partial charge in [0.1, 0.15) is 12.4 Å². The smallest absolute Gasteiger partial charge is 0.748 e. The molecule has 0 saturated heterocycles. The molecule has 0 N–H and O–H groups in total. The molecule has 0 radical (unpaired) electrons. The first-order valence-electron chi connectivity index (χ1n) is 5.10. The van der Waals surface area contributed by atoms with Crippen LogP contribution in [0.1, 0.15) is 0 Å². The zero-order valence-electron chi connectivity index (χ0n) is 10.00. The van der Waals surface area contributed by atoms with Crippen molar-refractivity contribution in [2.45, 2.75) is 0 Å². The summed E-state index contributed by atoms with van der Waals surface area (Å²) in [5.41, 5.74) is 0.